The molecular weight excluding hydrogens is 295 g/mol. The number of rotatable bonds is 4. The lowest BCUT2D eigenvalue weighted by Gasteiger charge is -2.12. The summed E-state index contributed by atoms with van der Waals surface area (Å²) < 4.78 is 0.770. The van der Waals surface area contributed by atoms with Crippen LogP contribution in [0, 0.1) is 0 Å². The molecule has 1 unspecified atom stereocenters. The number of thiophene rings is 1. The number of nitrogens with two attached hydrogens (primary N) is 1. The molecular formula is C11H10Cl2N2S2. The Balaban J connectivity index is 2.18. The lowest BCUT2D eigenvalue weighted by atomic mass is 10.3. The molecule has 0 fully saturated rings. The van der Waals surface area contributed by atoms with Gasteiger partial charge in [0.1, 0.15) is 5.03 Å². The van der Waals surface area contributed by atoms with Crippen LogP contribution in [-0.4, -0.2) is 11.5 Å². The average molecular weight is 305 g/mol. The third-order valence-corrected chi connectivity index (χ3v) is 5.29. The fourth-order valence-electron chi connectivity index (χ4n) is 1.32. The molecule has 0 spiro atoms. The summed E-state index contributed by atoms with van der Waals surface area (Å²) in [5, 5.41) is 1.59. The van der Waals surface area contributed by atoms with Crippen molar-refractivity contribution in [3.8, 4) is 0 Å². The van der Waals surface area contributed by atoms with Gasteiger partial charge in [-0.25, -0.2) is 4.98 Å². The van der Waals surface area contributed by atoms with Gasteiger partial charge >= 0.3 is 0 Å². The van der Waals surface area contributed by atoms with Gasteiger partial charge in [0.25, 0.3) is 0 Å². The summed E-state index contributed by atoms with van der Waals surface area (Å²) in [6.07, 6.45) is 1.73. The monoisotopic (exact) mass is 304 g/mol. The van der Waals surface area contributed by atoms with Crippen molar-refractivity contribution in [1.29, 1.82) is 0 Å². The molecule has 2 aromatic rings. The normalized spacial score (nSPS) is 12.6. The van der Waals surface area contributed by atoms with E-state index in [1.54, 1.807) is 18.0 Å². The van der Waals surface area contributed by atoms with E-state index < -0.39 is 0 Å². The van der Waals surface area contributed by atoms with Crippen molar-refractivity contribution in [2.45, 2.75) is 10.3 Å². The Morgan fingerprint density at radius 2 is 2.18 bits per heavy atom. The second-order valence-corrected chi connectivity index (χ2v) is 6.62. The van der Waals surface area contributed by atoms with Crippen LogP contribution in [-0.2, 0) is 0 Å². The van der Waals surface area contributed by atoms with E-state index in [9.17, 15) is 0 Å². The molecule has 0 saturated heterocycles. The molecule has 2 aromatic heterocycles. The first kappa shape index (κ1) is 13.2. The van der Waals surface area contributed by atoms with Crippen molar-refractivity contribution in [2.75, 3.05) is 6.54 Å². The van der Waals surface area contributed by atoms with Gasteiger partial charge in [0.2, 0.25) is 0 Å². The Kier molecular flexibility index (Phi) is 4.70. The largest absolute Gasteiger partial charge is 0.329 e. The lowest BCUT2D eigenvalue weighted by molar-refractivity contribution is 0.953. The molecule has 0 amide bonds. The molecule has 90 valence electrons. The Hall–Kier alpha value is -0.260. The first-order valence-corrected chi connectivity index (χ1v) is 7.38. The number of hydrogen-bond acceptors (Lipinski definition) is 4. The first-order chi connectivity index (χ1) is 8.20. The van der Waals surface area contributed by atoms with E-state index in [0.29, 0.717) is 11.6 Å². The second kappa shape index (κ2) is 6.07. The van der Waals surface area contributed by atoms with Gasteiger partial charge in [-0.1, -0.05) is 35.0 Å². The number of aromatic nitrogens is 1. The smallest absolute Gasteiger partial charge is 0.115 e. The van der Waals surface area contributed by atoms with Crippen LogP contribution in [0.1, 0.15) is 10.1 Å². The maximum Gasteiger partial charge on any atom is 0.115 e. The van der Waals surface area contributed by atoms with E-state index in [-0.39, 0.29) is 5.25 Å². The summed E-state index contributed by atoms with van der Waals surface area (Å²) >= 11 is 15.1. The molecule has 6 heteroatoms. The van der Waals surface area contributed by atoms with Crippen molar-refractivity contribution >= 4 is 46.3 Å². The minimum absolute atomic E-state index is 0.139. The topological polar surface area (TPSA) is 38.9 Å². The van der Waals surface area contributed by atoms with E-state index in [4.69, 9.17) is 28.9 Å². The van der Waals surface area contributed by atoms with E-state index in [1.165, 1.54) is 11.3 Å². The van der Waals surface area contributed by atoms with Crippen LogP contribution >= 0.6 is 46.3 Å². The van der Waals surface area contributed by atoms with Crippen LogP contribution in [0.3, 0.4) is 0 Å². The fourth-order valence-corrected chi connectivity index (χ4v) is 3.78. The molecule has 0 bridgehead atoms. The molecule has 0 aliphatic heterocycles. The third kappa shape index (κ3) is 3.36. The Bertz CT molecular complexity index is 502. The van der Waals surface area contributed by atoms with Crippen molar-refractivity contribution in [2.24, 2.45) is 5.73 Å². The molecule has 2 nitrogen and oxygen atoms in total. The van der Waals surface area contributed by atoms with Crippen LogP contribution in [0.25, 0.3) is 0 Å². The summed E-state index contributed by atoms with van der Waals surface area (Å²) in [5.74, 6) is 0. The zero-order valence-corrected chi connectivity index (χ0v) is 11.9. The molecule has 0 aliphatic rings. The third-order valence-electron chi connectivity index (χ3n) is 2.10. The summed E-state index contributed by atoms with van der Waals surface area (Å²) in [4.78, 5) is 5.39. The van der Waals surface area contributed by atoms with Crippen LogP contribution in [0.5, 0.6) is 0 Å². The van der Waals surface area contributed by atoms with Gasteiger partial charge in [-0.05, 0) is 24.3 Å². The van der Waals surface area contributed by atoms with Gasteiger partial charge < -0.3 is 5.73 Å². The van der Waals surface area contributed by atoms with E-state index in [2.05, 4.69) is 4.98 Å². The Morgan fingerprint density at radius 3 is 2.76 bits per heavy atom. The van der Waals surface area contributed by atoms with E-state index >= 15 is 0 Å². The lowest BCUT2D eigenvalue weighted by Crippen LogP contribution is -2.08. The maximum absolute atomic E-state index is 6.07. The molecule has 0 aromatic carbocycles. The van der Waals surface area contributed by atoms with Gasteiger partial charge in [-0.2, -0.15) is 0 Å². The van der Waals surface area contributed by atoms with E-state index in [0.717, 1.165) is 14.2 Å². The molecule has 17 heavy (non-hydrogen) atoms. The Labute approximate surface area is 118 Å². The second-order valence-electron chi connectivity index (χ2n) is 3.27. The quantitative estimate of drug-likeness (QED) is 0.859. The number of halogens is 2. The van der Waals surface area contributed by atoms with Gasteiger partial charge in [0.15, 0.2) is 0 Å². The fraction of sp³-hybridized carbons (Fsp3) is 0.182. The van der Waals surface area contributed by atoms with Gasteiger partial charge in [-0.15, -0.1) is 11.3 Å². The molecule has 1 atom stereocenters. The minimum Gasteiger partial charge on any atom is -0.329 e. The minimum atomic E-state index is 0.139. The number of hydrogen-bond donors (Lipinski definition) is 1. The Morgan fingerprint density at radius 1 is 1.35 bits per heavy atom. The SMILES string of the molecule is NCC(Sc1ncccc1Cl)c1ccc(Cl)s1. The van der Waals surface area contributed by atoms with Crippen LogP contribution in [0.4, 0.5) is 0 Å². The molecule has 0 saturated carbocycles. The zero-order valence-electron chi connectivity index (χ0n) is 8.77. The maximum atomic E-state index is 6.07. The predicted octanol–water partition coefficient (Wildman–Crippen LogP) is 4.24. The molecule has 2 rings (SSSR count). The number of nitrogens with zero attached hydrogens (tertiary/aromatic N) is 1. The van der Waals surface area contributed by atoms with Gasteiger partial charge in [0.05, 0.1) is 14.6 Å². The summed E-state index contributed by atoms with van der Waals surface area (Å²) in [7, 11) is 0. The highest BCUT2D eigenvalue weighted by Crippen LogP contribution is 2.40. The molecule has 2 N–H and O–H groups in total. The van der Waals surface area contributed by atoms with Crippen molar-refractivity contribution in [3.05, 3.63) is 44.7 Å². The van der Waals surface area contributed by atoms with Gasteiger partial charge in [-0.3, -0.25) is 0 Å². The highest BCUT2D eigenvalue weighted by atomic mass is 35.5. The highest BCUT2D eigenvalue weighted by molar-refractivity contribution is 7.99. The molecule has 2 heterocycles. The van der Waals surface area contributed by atoms with E-state index in [1.807, 2.05) is 24.3 Å². The summed E-state index contributed by atoms with van der Waals surface area (Å²) in [5.41, 5.74) is 5.78. The van der Waals surface area contributed by atoms with Crippen molar-refractivity contribution < 1.29 is 0 Å². The van der Waals surface area contributed by atoms with Crippen LogP contribution < -0.4 is 5.73 Å². The molecule has 0 radical (unpaired) electrons. The number of pyridine rings is 1. The average Bonchev–Trinajstić information content (AvgIpc) is 2.75. The predicted molar refractivity (Wildman–Crippen MR) is 76.2 cm³/mol. The molecule has 0 aliphatic carbocycles. The standard InChI is InChI=1S/C11H10Cl2N2S2/c12-7-2-1-5-15-11(7)17-9(6-14)8-3-4-10(13)16-8/h1-5,9H,6,14H2. The summed E-state index contributed by atoms with van der Waals surface area (Å²) in [6.45, 7) is 0.522. The zero-order chi connectivity index (χ0) is 12.3. The van der Waals surface area contributed by atoms with Crippen LogP contribution in [0.15, 0.2) is 35.5 Å². The number of thioether (sulfide) groups is 1. The highest BCUT2D eigenvalue weighted by Gasteiger charge is 2.16. The first-order valence-electron chi connectivity index (χ1n) is 4.93. The summed E-state index contributed by atoms with van der Waals surface area (Å²) in [6, 6.07) is 7.51. The van der Waals surface area contributed by atoms with Crippen LogP contribution in [0.2, 0.25) is 9.36 Å². The van der Waals surface area contributed by atoms with Crippen molar-refractivity contribution in [1.82, 2.24) is 4.98 Å². The van der Waals surface area contributed by atoms with Crippen molar-refractivity contribution in [3.63, 3.8) is 0 Å². The van der Waals surface area contributed by atoms with Gasteiger partial charge in [0, 0.05) is 17.6 Å².